The summed E-state index contributed by atoms with van der Waals surface area (Å²) in [6.45, 7) is 0. The van der Waals surface area contributed by atoms with Crippen LogP contribution < -0.4 is 0 Å². The summed E-state index contributed by atoms with van der Waals surface area (Å²) in [7, 11) is 0. The fraction of sp³-hybridized carbons (Fsp3) is 0.100. The van der Waals surface area contributed by atoms with E-state index in [0.717, 1.165) is 0 Å². The van der Waals surface area contributed by atoms with Crippen LogP contribution in [0.3, 0.4) is 0 Å². The van der Waals surface area contributed by atoms with E-state index in [2.05, 4.69) is 4.98 Å². The van der Waals surface area contributed by atoms with Gasteiger partial charge in [0, 0.05) is 17.1 Å². The predicted molar refractivity (Wildman–Crippen MR) is 53.3 cm³/mol. The molecule has 2 nitrogen and oxygen atoms in total. The first-order valence-corrected chi connectivity index (χ1v) is 4.62. The Labute approximate surface area is 84.7 Å². The summed E-state index contributed by atoms with van der Waals surface area (Å²) in [5.74, 6) is -0.664. The van der Waals surface area contributed by atoms with Crippen LogP contribution >= 0.6 is 11.6 Å². The van der Waals surface area contributed by atoms with E-state index in [1.807, 2.05) is 0 Å². The molecular formula is C10H7ClFNO. The maximum Gasteiger partial charge on any atom is 0.179 e. The van der Waals surface area contributed by atoms with E-state index in [1.54, 1.807) is 12.1 Å². The zero-order valence-electron chi connectivity index (χ0n) is 7.18. The zero-order chi connectivity index (χ0) is 10.1. The topological polar surface area (TPSA) is 32.9 Å². The largest absolute Gasteiger partial charge is 0.358 e. The molecular weight excluding hydrogens is 205 g/mol. The minimum absolute atomic E-state index is 0.0938. The number of rotatable bonds is 2. The summed E-state index contributed by atoms with van der Waals surface area (Å²) < 4.78 is 13.2. The molecule has 0 aliphatic rings. The first kappa shape index (κ1) is 9.21. The number of carbonyl (C=O) groups is 1. The molecule has 1 heterocycles. The standard InChI is InChI=1S/C10H7ClFNO/c11-4-9(14)7-5-13-10-6(7)2-1-3-8(10)12/h1-3,5,13H,4H2. The number of H-pyrrole nitrogens is 1. The highest BCUT2D eigenvalue weighted by Crippen LogP contribution is 2.21. The Morgan fingerprint density at radius 3 is 3.00 bits per heavy atom. The van der Waals surface area contributed by atoms with E-state index in [0.29, 0.717) is 16.5 Å². The van der Waals surface area contributed by atoms with Gasteiger partial charge in [0.05, 0.1) is 11.4 Å². The lowest BCUT2D eigenvalue weighted by Crippen LogP contribution is -1.98. The van der Waals surface area contributed by atoms with Crippen molar-refractivity contribution in [3.63, 3.8) is 0 Å². The van der Waals surface area contributed by atoms with Gasteiger partial charge in [-0.15, -0.1) is 11.6 Å². The van der Waals surface area contributed by atoms with Gasteiger partial charge in [-0.3, -0.25) is 4.79 Å². The van der Waals surface area contributed by atoms with Gasteiger partial charge in [-0.2, -0.15) is 0 Å². The number of nitrogens with one attached hydrogen (secondary N) is 1. The molecule has 0 fully saturated rings. The van der Waals surface area contributed by atoms with Crippen LogP contribution in [0, 0.1) is 5.82 Å². The predicted octanol–water partition coefficient (Wildman–Crippen LogP) is 2.73. The Morgan fingerprint density at radius 1 is 1.50 bits per heavy atom. The van der Waals surface area contributed by atoms with Crippen LogP contribution in [0.4, 0.5) is 4.39 Å². The van der Waals surface area contributed by atoms with Gasteiger partial charge in [0.25, 0.3) is 0 Å². The van der Waals surface area contributed by atoms with Gasteiger partial charge in [-0.05, 0) is 6.07 Å². The lowest BCUT2D eigenvalue weighted by Gasteiger charge is -1.94. The number of aromatic nitrogens is 1. The summed E-state index contributed by atoms with van der Waals surface area (Å²) >= 11 is 5.43. The summed E-state index contributed by atoms with van der Waals surface area (Å²) in [4.78, 5) is 14.0. The lowest BCUT2D eigenvalue weighted by atomic mass is 10.1. The number of alkyl halides is 1. The number of fused-ring (bicyclic) bond motifs is 1. The Balaban J connectivity index is 2.70. The Kier molecular flexibility index (Phi) is 2.25. The van der Waals surface area contributed by atoms with Crippen molar-refractivity contribution in [2.24, 2.45) is 0 Å². The van der Waals surface area contributed by atoms with Crippen LogP contribution in [0.25, 0.3) is 10.9 Å². The van der Waals surface area contributed by atoms with Crippen LogP contribution in [0.1, 0.15) is 10.4 Å². The third-order valence-electron chi connectivity index (χ3n) is 2.09. The second-order valence-electron chi connectivity index (χ2n) is 2.92. The molecule has 2 aromatic rings. The molecule has 1 N–H and O–H groups in total. The van der Waals surface area contributed by atoms with Gasteiger partial charge < -0.3 is 4.98 Å². The van der Waals surface area contributed by atoms with Gasteiger partial charge in [-0.25, -0.2) is 4.39 Å². The van der Waals surface area contributed by atoms with Crippen molar-refractivity contribution in [1.82, 2.24) is 4.98 Å². The van der Waals surface area contributed by atoms with E-state index < -0.39 is 0 Å². The minimum atomic E-state index is -0.365. The van der Waals surface area contributed by atoms with E-state index in [9.17, 15) is 9.18 Å². The van der Waals surface area contributed by atoms with Crippen LogP contribution in [0.2, 0.25) is 0 Å². The van der Waals surface area contributed by atoms with E-state index in [4.69, 9.17) is 11.6 Å². The van der Waals surface area contributed by atoms with Crippen molar-refractivity contribution in [3.8, 4) is 0 Å². The van der Waals surface area contributed by atoms with E-state index in [-0.39, 0.29) is 17.5 Å². The number of hydrogen-bond donors (Lipinski definition) is 1. The average Bonchev–Trinajstić information content (AvgIpc) is 2.62. The Bertz CT molecular complexity index is 492. The lowest BCUT2D eigenvalue weighted by molar-refractivity contribution is 0.102. The van der Waals surface area contributed by atoms with Crippen LogP contribution in [-0.2, 0) is 0 Å². The first-order valence-electron chi connectivity index (χ1n) is 4.09. The van der Waals surface area contributed by atoms with Crippen LogP contribution in [-0.4, -0.2) is 16.6 Å². The molecule has 0 radical (unpaired) electrons. The molecule has 72 valence electrons. The molecule has 0 bridgehead atoms. The minimum Gasteiger partial charge on any atom is -0.358 e. The number of hydrogen-bond acceptors (Lipinski definition) is 1. The van der Waals surface area contributed by atoms with Crippen molar-refractivity contribution in [2.75, 3.05) is 5.88 Å². The van der Waals surface area contributed by atoms with Gasteiger partial charge in [-0.1, -0.05) is 12.1 Å². The maximum absolute atomic E-state index is 13.2. The molecule has 1 aromatic carbocycles. The highest BCUT2D eigenvalue weighted by molar-refractivity contribution is 6.31. The van der Waals surface area contributed by atoms with Gasteiger partial charge in [0.15, 0.2) is 5.78 Å². The summed E-state index contributed by atoms with van der Waals surface area (Å²) in [6.07, 6.45) is 1.48. The molecule has 1 aromatic heterocycles. The number of aromatic amines is 1. The van der Waals surface area contributed by atoms with Crippen LogP contribution in [0.15, 0.2) is 24.4 Å². The first-order chi connectivity index (χ1) is 6.74. The molecule has 0 aliphatic heterocycles. The average molecular weight is 212 g/mol. The van der Waals surface area contributed by atoms with Gasteiger partial charge >= 0.3 is 0 Å². The summed E-state index contributed by atoms with van der Waals surface area (Å²) in [5, 5.41) is 0.579. The number of para-hydroxylation sites is 1. The molecule has 0 amide bonds. The number of Topliss-reactive ketones (excluding diaryl/α,β-unsaturated/α-hetero) is 1. The van der Waals surface area contributed by atoms with Gasteiger partial charge in [0.2, 0.25) is 0 Å². The third kappa shape index (κ3) is 1.30. The second-order valence-corrected chi connectivity index (χ2v) is 3.19. The highest BCUT2D eigenvalue weighted by atomic mass is 35.5. The monoisotopic (exact) mass is 211 g/mol. The summed E-state index contributed by atoms with van der Waals surface area (Å²) in [5.41, 5.74) is 0.787. The Hall–Kier alpha value is -1.35. The highest BCUT2D eigenvalue weighted by Gasteiger charge is 2.12. The quantitative estimate of drug-likeness (QED) is 0.601. The van der Waals surface area contributed by atoms with Gasteiger partial charge in [0.1, 0.15) is 5.82 Å². The molecule has 0 aliphatic carbocycles. The Morgan fingerprint density at radius 2 is 2.29 bits per heavy atom. The number of carbonyl (C=O) groups excluding carboxylic acids is 1. The zero-order valence-corrected chi connectivity index (χ0v) is 7.94. The smallest absolute Gasteiger partial charge is 0.179 e. The molecule has 0 spiro atoms. The van der Waals surface area contributed by atoms with Crippen molar-refractivity contribution in [2.45, 2.75) is 0 Å². The summed E-state index contributed by atoms with van der Waals surface area (Å²) in [6, 6.07) is 4.60. The second kappa shape index (κ2) is 3.42. The maximum atomic E-state index is 13.2. The SMILES string of the molecule is O=C(CCl)c1c[nH]c2c(F)cccc12. The van der Waals surface area contributed by atoms with Crippen molar-refractivity contribution >= 4 is 28.3 Å². The van der Waals surface area contributed by atoms with Crippen molar-refractivity contribution in [3.05, 3.63) is 35.8 Å². The molecule has 0 unspecified atom stereocenters. The number of benzene rings is 1. The van der Waals surface area contributed by atoms with Crippen molar-refractivity contribution in [1.29, 1.82) is 0 Å². The number of ketones is 1. The molecule has 2 rings (SSSR count). The fourth-order valence-electron chi connectivity index (χ4n) is 1.42. The third-order valence-corrected chi connectivity index (χ3v) is 2.33. The molecule has 0 saturated carbocycles. The molecule has 0 atom stereocenters. The van der Waals surface area contributed by atoms with E-state index in [1.165, 1.54) is 12.3 Å². The molecule has 4 heteroatoms. The van der Waals surface area contributed by atoms with Crippen LogP contribution in [0.5, 0.6) is 0 Å². The molecule has 14 heavy (non-hydrogen) atoms. The molecule has 0 saturated heterocycles. The van der Waals surface area contributed by atoms with E-state index >= 15 is 0 Å². The fourth-order valence-corrected chi connectivity index (χ4v) is 1.56. The number of halogens is 2. The normalized spacial score (nSPS) is 10.7. The van der Waals surface area contributed by atoms with Crippen molar-refractivity contribution < 1.29 is 9.18 Å².